The maximum Gasteiger partial charge on any atom is 0.185 e. The third-order valence-corrected chi connectivity index (χ3v) is 5.02. The van der Waals surface area contributed by atoms with Crippen molar-refractivity contribution in [1.29, 1.82) is 0 Å². The van der Waals surface area contributed by atoms with Crippen molar-refractivity contribution in [2.75, 3.05) is 5.75 Å². The first-order valence-corrected chi connectivity index (χ1v) is 9.39. The lowest BCUT2D eigenvalue weighted by molar-refractivity contribution is -0.109. The van der Waals surface area contributed by atoms with Gasteiger partial charge in [0.05, 0.1) is 0 Å². The molecule has 1 heterocycles. The maximum absolute atomic E-state index is 13.0. The number of benzene rings is 1. The number of rotatable bonds is 9. The fourth-order valence-electron chi connectivity index (χ4n) is 2.74. The molecule has 0 spiro atoms. The van der Waals surface area contributed by atoms with Gasteiger partial charge in [-0.25, -0.2) is 4.39 Å². The molecule has 1 aromatic heterocycles. The highest BCUT2D eigenvalue weighted by Gasteiger charge is 2.11. The van der Waals surface area contributed by atoms with Crippen LogP contribution in [0.15, 0.2) is 48.8 Å². The summed E-state index contributed by atoms with van der Waals surface area (Å²) in [6.45, 7) is 1.62. The molecule has 0 N–H and O–H groups in total. The minimum atomic E-state index is -0.189. The van der Waals surface area contributed by atoms with Gasteiger partial charge in [-0.15, -0.1) is 0 Å². The van der Waals surface area contributed by atoms with Crippen molar-refractivity contribution in [2.24, 2.45) is 5.92 Å². The summed E-state index contributed by atoms with van der Waals surface area (Å²) >= 11 is 1.41. The number of nitrogens with zero attached hydrogens (tertiary/aromatic N) is 1. The standard InChI is InChI=1S/C20H24FNOS/c1-16(23)24-15-12-18(4-5-19-10-13-22-14-11-19)3-2-17-6-8-20(21)9-7-17/h6-11,13-14,18H,2-5,12,15H2,1H3. The Morgan fingerprint density at radius 2 is 1.58 bits per heavy atom. The molecule has 24 heavy (non-hydrogen) atoms. The number of thioether (sulfide) groups is 1. The van der Waals surface area contributed by atoms with Crippen LogP contribution in [-0.2, 0) is 17.6 Å². The summed E-state index contributed by atoms with van der Waals surface area (Å²) in [7, 11) is 0. The van der Waals surface area contributed by atoms with Crippen LogP contribution >= 0.6 is 11.8 Å². The number of hydrogen-bond donors (Lipinski definition) is 0. The van der Waals surface area contributed by atoms with Gasteiger partial charge in [-0.3, -0.25) is 9.78 Å². The summed E-state index contributed by atoms with van der Waals surface area (Å²) in [4.78, 5) is 15.2. The monoisotopic (exact) mass is 345 g/mol. The summed E-state index contributed by atoms with van der Waals surface area (Å²) in [5, 5.41) is 0.182. The number of aryl methyl sites for hydroxylation is 2. The second kappa shape index (κ2) is 10.2. The molecule has 0 aliphatic rings. The molecule has 2 aromatic rings. The van der Waals surface area contributed by atoms with Crippen molar-refractivity contribution in [1.82, 2.24) is 4.98 Å². The first kappa shape index (κ1) is 18.7. The molecule has 0 saturated heterocycles. The molecule has 0 aliphatic carbocycles. The van der Waals surface area contributed by atoms with E-state index in [9.17, 15) is 9.18 Å². The Balaban J connectivity index is 1.86. The zero-order chi connectivity index (χ0) is 17.2. The third-order valence-electron chi connectivity index (χ3n) is 4.18. The van der Waals surface area contributed by atoms with E-state index in [2.05, 4.69) is 17.1 Å². The van der Waals surface area contributed by atoms with Crippen LogP contribution in [0, 0.1) is 11.7 Å². The molecule has 1 atom stereocenters. The normalized spacial score (nSPS) is 12.1. The number of hydrogen-bond acceptors (Lipinski definition) is 3. The van der Waals surface area contributed by atoms with Crippen LogP contribution in [0.5, 0.6) is 0 Å². The Hall–Kier alpha value is -1.68. The first-order chi connectivity index (χ1) is 11.6. The molecule has 0 aliphatic heterocycles. The summed E-state index contributed by atoms with van der Waals surface area (Å²) < 4.78 is 13.0. The van der Waals surface area contributed by atoms with Crippen molar-refractivity contribution in [2.45, 2.75) is 39.0 Å². The van der Waals surface area contributed by atoms with Crippen LogP contribution in [0.3, 0.4) is 0 Å². The second-order valence-corrected chi connectivity index (χ2v) is 7.33. The van der Waals surface area contributed by atoms with E-state index in [1.807, 2.05) is 24.5 Å². The molecule has 0 radical (unpaired) electrons. The van der Waals surface area contributed by atoms with Gasteiger partial charge in [-0.2, -0.15) is 0 Å². The molecule has 2 nitrogen and oxygen atoms in total. The van der Waals surface area contributed by atoms with Crippen molar-refractivity contribution in [3.63, 3.8) is 0 Å². The number of carbonyl (C=O) groups is 1. The summed E-state index contributed by atoms with van der Waals surface area (Å²) in [5.41, 5.74) is 2.47. The summed E-state index contributed by atoms with van der Waals surface area (Å²) in [6, 6.07) is 10.9. The lowest BCUT2D eigenvalue weighted by atomic mass is 9.91. The highest BCUT2D eigenvalue weighted by molar-refractivity contribution is 8.13. The smallest absolute Gasteiger partial charge is 0.185 e. The quantitative estimate of drug-likeness (QED) is 0.635. The number of pyridine rings is 1. The second-order valence-electron chi connectivity index (χ2n) is 6.05. The van der Waals surface area contributed by atoms with Gasteiger partial charge in [0.1, 0.15) is 5.82 Å². The molecular formula is C20H24FNOS. The van der Waals surface area contributed by atoms with E-state index in [1.165, 1.54) is 35.0 Å². The van der Waals surface area contributed by atoms with E-state index in [0.717, 1.165) is 37.9 Å². The zero-order valence-electron chi connectivity index (χ0n) is 14.1. The average Bonchev–Trinajstić information content (AvgIpc) is 2.59. The van der Waals surface area contributed by atoms with Crippen LogP contribution in [0.1, 0.15) is 37.3 Å². The molecule has 1 aromatic carbocycles. The fraction of sp³-hybridized carbons (Fsp3) is 0.400. The number of carbonyl (C=O) groups excluding carboxylic acids is 1. The van der Waals surface area contributed by atoms with Gasteiger partial charge < -0.3 is 0 Å². The van der Waals surface area contributed by atoms with Crippen molar-refractivity contribution in [3.8, 4) is 0 Å². The molecule has 2 rings (SSSR count). The van der Waals surface area contributed by atoms with Gasteiger partial charge in [-0.1, -0.05) is 23.9 Å². The first-order valence-electron chi connectivity index (χ1n) is 8.40. The summed E-state index contributed by atoms with van der Waals surface area (Å²) in [6.07, 6.45) is 8.84. The van der Waals surface area contributed by atoms with Gasteiger partial charge in [0.2, 0.25) is 0 Å². The van der Waals surface area contributed by atoms with E-state index in [0.29, 0.717) is 5.92 Å². The van der Waals surface area contributed by atoms with E-state index in [4.69, 9.17) is 0 Å². The van der Waals surface area contributed by atoms with E-state index in [1.54, 1.807) is 6.92 Å². The van der Waals surface area contributed by atoms with Crippen LogP contribution in [-0.4, -0.2) is 15.9 Å². The Labute approximate surface area is 147 Å². The van der Waals surface area contributed by atoms with Crippen LogP contribution < -0.4 is 0 Å². The molecule has 1 unspecified atom stereocenters. The third kappa shape index (κ3) is 7.26. The largest absolute Gasteiger partial charge is 0.288 e. The zero-order valence-corrected chi connectivity index (χ0v) is 14.9. The maximum atomic E-state index is 13.0. The van der Waals surface area contributed by atoms with Gasteiger partial charge in [0, 0.05) is 25.1 Å². The predicted octanol–water partition coefficient (Wildman–Crippen LogP) is 5.07. The molecular weight excluding hydrogens is 321 g/mol. The Bertz CT molecular complexity index is 615. The van der Waals surface area contributed by atoms with Gasteiger partial charge in [-0.05, 0) is 73.4 Å². The Morgan fingerprint density at radius 1 is 1.00 bits per heavy atom. The van der Waals surface area contributed by atoms with Crippen LogP contribution in [0.2, 0.25) is 0 Å². The minimum absolute atomic E-state index is 0.182. The number of halogens is 1. The number of aromatic nitrogens is 1. The topological polar surface area (TPSA) is 30.0 Å². The predicted molar refractivity (Wildman–Crippen MR) is 98.5 cm³/mol. The molecule has 4 heteroatoms. The van der Waals surface area contributed by atoms with Gasteiger partial charge in [0.25, 0.3) is 0 Å². The van der Waals surface area contributed by atoms with Crippen LogP contribution in [0.4, 0.5) is 4.39 Å². The highest BCUT2D eigenvalue weighted by atomic mass is 32.2. The molecule has 0 fully saturated rings. The van der Waals surface area contributed by atoms with Crippen molar-refractivity contribution in [3.05, 3.63) is 65.7 Å². The SMILES string of the molecule is CC(=O)SCCC(CCc1ccncc1)CCc1ccc(F)cc1. The Morgan fingerprint density at radius 3 is 2.17 bits per heavy atom. The molecule has 0 amide bonds. The lowest BCUT2D eigenvalue weighted by Crippen LogP contribution is -2.07. The van der Waals surface area contributed by atoms with Crippen molar-refractivity contribution >= 4 is 16.9 Å². The molecule has 0 saturated carbocycles. The lowest BCUT2D eigenvalue weighted by Gasteiger charge is -2.16. The molecule has 128 valence electrons. The van der Waals surface area contributed by atoms with E-state index >= 15 is 0 Å². The van der Waals surface area contributed by atoms with Crippen molar-refractivity contribution < 1.29 is 9.18 Å². The van der Waals surface area contributed by atoms with Gasteiger partial charge >= 0.3 is 0 Å². The average molecular weight is 345 g/mol. The molecule has 0 bridgehead atoms. The van der Waals surface area contributed by atoms with E-state index in [-0.39, 0.29) is 10.9 Å². The van der Waals surface area contributed by atoms with Crippen LogP contribution in [0.25, 0.3) is 0 Å². The minimum Gasteiger partial charge on any atom is -0.288 e. The fourth-order valence-corrected chi connectivity index (χ4v) is 3.48. The Kier molecular flexibility index (Phi) is 7.96. The summed E-state index contributed by atoms with van der Waals surface area (Å²) in [5.74, 6) is 1.25. The van der Waals surface area contributed by atoms with Gasteiger partial charge in [0.15, 0.2) is 5.12 Å². The highest BCUT2D eigenvalue weighted by Crippen LogP contribution is 2.22. The van der Waals surface area contributed by atoms with E-state index < -0.39 is 0 Å².